The lowest BCUT2D eigenvalue weighted by atomic mass is 10.3. The summed E-state index contributed by atoms with van der Waals surface area (Å²) in [7, 11) is -1.36. The number of sulfonamides is 1. The van der Waals surface area contributed by atoms with Crippen molar-refractivity contribution in [3.63, 3.8) is 0 Å². The number of guanidine groups is 1. The lowest BCUT2D eigenvalue weighted by Gasteiger charge is -2.36. The normalized spacial score (nSPS) is 15.6. The van der Waals surface area contributed by atoms with Gasteiger partial charge in [-0.3, -0.25) is 4.99 Å². The third-order valence-corrected chi connectivity index (χ3v) is 5.69. The molecule has 1 saturated heterocycles. The third kappa shape index (κ3) is 7.37. The molecule has 1 aromatic rings. The maximum Gasteiger partial charge on any atom is 0.225 e. The van der Waals surface area contributed by atoms with E-state index in [1.807, 2.05) is 13.0 Å². The molecule has 2 rings (SSSR count). The molecule has 2 heterocycles. The summed E-state index contributed by atoms with van der Waals surface area (Å²) in [4.78, 5) is 17.3. The highest BCUT2D eigenvalue weighted by Crippen LogP contribution is 2.09. The van der Waals surface area contributed by atoms with Gasteiger partial charge >= 0.3 is 0 Å². The summed E-state index contributed by atoms with van der Waals surface area (Å²) < 4.78 is 24.7. The van der Waals surface area contributed by atoms with Crippen molar-refractivity contribution in [2.45, 2.75) is 13.3 Å². The summed E-state index contributed by atoms with van der Waals surface area (Å²) >= 11 is 0. The predicted molar refractivity (Wildman–Crippen MR) is 119 cm³/mol. The number of aliphatic imine (C=N–C) groups is 1. The molecule has 1 aromatic heterocycles. The van der Waals surface area contributed by atoms with Crippen molar-refractivity contribution in [2.75, 3.05) is 64.0 Å². The van der Waals surface area contributed by atoms with Crippen LogP contribution in [-0.4, -0.2) is 92.7 Å². The number of piperazine rings is 1. The Kier molecular flexibility index (Phi) is 10.2. The van der Waals surface area contributed by atoms with Gasteiger partial charge in [0.25, 0.3) is 0 Å². The second kappa shape index (κ2) is 11.6. The van der Waals surface area contributed by atoms with Crippen LogP contribution in [0.1, 0.15) is 13.3 Å². The van der Waals surface area contributed by atoms with Gasteiger partial charge < -0.3 is 15.1 Å². The van der Waals surface area contributed by atoms with E-state index < -0.39 is 10.0 Å². The first-order valence-corrected chi connectivity index (χ1v) is 10.7. The summed E-state index contributed by atoms with van der Waals surface area (Å²) in [6.07, 6.45) is 5.49. The zero-order chi connectivity index (χ0) is 19.0. The smallest absolute Gasteiger partial charge is 0.225 e. The molecular weight excluding hydrogens is 481 g/mol. The fourth-order valence-corrected chi connectivity index (χ4v) is 3.85. The quantitative estimate of drug-likeness (QED) is 0.246. The van der Waals surface area contributed by atoms with Crippen LogP contribution in [-0.2, 0) is 10.0 Å². The van der Waals surface area contributed by atoms with Crippen molar-refractivity contribution in [1.29, 1.82) is 0 Å². The number of nitrogens with zero attached hydrogens (tertiary/aromatic N) is 6. The fourth-order valence-electron chi connectivity index (χ4n) is 2.92. The molecule has 0 aliphatic carbocycles. The molecule has 0 bridgehead atoms. The van der Waals surface area contributed by atoms with Gasteiger partial charge in [-0.15, -0.1) is 24.0 Å². The van der Waals surface area contributed by atoms with Crippen molar-refractivity contribution in [3.8, 4) is 0 Å². The number of halogens is 1. The molecule has 1 fully saturated rings. The minimum absolute atomic E-state index is 0. The van der Waals surface area contributed by atoms with Gasteiger partial charge in [-0.1, -0.05) is 6.92 Å². The summed E-state index contributed by atoms with van der Waals surface area (Å²) in [6, 6.07) is 1.81. The highest BCUT2D eigenvalue weighted by atomic mass is 127. The minimum Gasteiger partial charge on any atom is -0.356 e. The molecule has 0 atom stereocenters. The average molecular weight is 511 g/mol. The Morgan fingerprint density at radius 2 is 1.89 bits per heavy atom. The molecule has 27 heavy (non-hydrogen) atoms. The first kappa shape index (κ1) is 23.8. The number of hydrogen-bond acceptors (Lipinski definition) is 6. The Balaban J connectivity index is 0.00000364. The van der Waals surface area contributed by atoms with E-state index >= 15 is 0 Å². The Morgan fingerprint density at radius 3 is 2.41 bits per heavy atom. The number of aromatic nitrogens is 2. The van der Waals surface area contributed by atoms with Crippen LogP contribution in [0.4, 0.5) is 5.95 Å². The first-order valence-electron chi connectivity index (χ1n) is 8.88. The molecular formula is C16H30IN7O2S. The van der Waals surface area contributed by atoms with Crippen molar-refractivity contribution in [1.82, 2.24) is 24.5 Å². The highest BCUT2D eigenvalue weighted by Gasteiger charge is 2.21. The molecule has 0 aromatic carbocycles. The molecule has 1 aliphatic rings. The van der Waals surface area contributed by atoms with E-state index in [1.54, 1.807) is 19.4 Å². The molecule has 1 aliphatic heterocycles. The van der Waals surface area contributed by atoms with Crippen LogP contribution in [0.3, 0.4) is 0 Å². The van der Waals surface area contributed by atoms with E-state index in [2.05, 4.69) is 30.1 Å². The Morgan fingerprint density at radius 1 is 1.26 bits per heavy atom. The van der Waals surface area contributed by atoms with E-state index in [9.17, 15) is 8.42 Å². The van der Waals surface area contributed by atoms with Crippen LogP contribution in [0.2, 0.25) is 0 Å². The van der Waals surface area contributed by atoms with Crippen LogP contribution in [0.5, 0.6) is 0 Å². The van der Waals surface area contributed by atoms with Gasteiger partial charge in [-0.25, -0.2) is 22.7 Å². The van der Waals surface area contributed by atoms with Crippen LogP contribution in [0.25, 0.3) is 0 Å². The number of anilines is 1. The molecule has 0 saturated carbocycles. The first-order chi connectivity index (χ1) is 12.5. The van der Waals surface area contributed by atoms with Crippen LogP contribution < -0.4 is 10.2 Å². The van der Waals surface area contributed by atoms with Crippen molar-refractivity contribution >= 4 is 45.9 Å². The third-order valence-electron chi connectivity index (χ3n) is 4.32. The van der Waals surface area contributed by atoms with Gasteiger partial charge in [0.1, 0.15) is 0 Å². The molecule has 0 spiro atoms. The fraction of sp³-hybridized carbons (Fsp3) is 0.688. The summed E-state index contributed by atoms with van der Waals surface area (Å²) in [6.45, 7) is 6.88. The van der Waals surface area contributed by atoms with Crippen LogP contribution in [0, 0.1) is 0 Å². The standard InChI is InChI=1S/C16H29N7O2S.HI/c1-4-23(26(3,24)25)10-6-9-18-15(17-2)21-11-13-22(14-12-21)16-19-7-5-8-20-16;/h5,7-8H,4,6,9-14H2,1-3H3,(H,17,18);1H. The van der Waals surface area contributed by atoms with E-state index in [0.717, 1.165) is 44.5 Å². The van der Waals surface area contributed by atoms with E-state index in [1.165, 1.54) is 10.6 Å². The van der Waals surface area contributed by atoms with E-state index in [4.69, 9.17) is 0 Å². The highest BCUT2D eigenvalue weighted by molar-refractivity contribution is 14.0. The largest absolute Gasteiger partial charge is 0.356 e. The Labute approximate surface area is 179 Å². The molecule has 154 valence electrons. The zero-order valence-electron chi connectivity index (χ0n) is 16.2. The topological polar surface area (TPSA) is 94.0 Å². The Hall–Kier alpha value is -1.21. The molecule has 0 amide bonds. The van der Waals surface area contributed by atoms with E-state index in [0.29, 0.717) is 19.6 Å². The molecule has 0 unspecified atom stereocenters. The van der Waals surface area contributed by atoms with Gasteiger partial charge in [0, 0.05) is 65.3 Å². The van der Waals surface area contributed by atoms with Gasteiger partial charge in [0.15, 0.2) is 5.96 Å². The maximum absolute atomic E-state index is 11.6. The van der Waals surface area contributed by atoms with Crippen molar-refractivity contribution in [3.05, 3.63) is 18.5 Å². The number of rotatable bonds is 7. The maximum atomic E-state index is 11.6. The van der Waals surface area contributed by atoms with Gasteiger partial charge in [0.2, 0.25) is 16.0 Å². The minimum atomic E-state index is -3.13. The zero-order valence-corrected chi connectivity index (χ0v) is 19.4. The monoisotopic (exact) mass is 511 g/mol. The summed E-state index contributed by atoms with van der Waals surface area (Å²) in [5, 5.41) is 3.33. The van der Waals surface area contributed by atoms with Crippen LogP contribution >= 0.6 is 24.0 Å². The van der Waals surface area contributed by atoms with Gasteiger partial charge in [-0.05, 0) is 12.5 Å². The van der Waals surface area contributed by atoms with Gasteiger partial charge in [-0.2, -0.15) is 0 Å². The Bertz CT molecular complexity index is 679. The number of nitrogens with one attached hydrogen (secondary N) is 1. The second-order valence-corrected chi connectivity index (χ2v) is 8.09. The molecule has 11 heteroatoms. The SMILES string of the molecule is CCN(CCCNC(=NC)N1CCN(c2ncccn2)CC1)S(C)(=O)=O.I. The molecule has 0 radical (unpaired) electrons. The summed E-state index contributed by atoms with van der Waals surface area (Å²) in [5.41, 5.74) is 0. The second-order valence-electron chi connectivity index (χ2n) is 6.11. The van der Waals surface area contributed by atoms with Crippen molar-refractivity contribution < 1.29 is 8.42 Å². The summed E-state index contributed by atoms with van der Waals surface area (Å²) in [5.74, 6) is 1.61. The molecule has 9 nitrogen and oxygen atoms in total. The number of hydrogen-bond donors (Lipinski definition) is 1. The molecule has 1 N–H and O–H groups in total. The average Bonchev–Trinajstić information content (AvgIpc) is 2.65. The van der Waals surface area contributed by atoms with Crippen LogP contribution in [0.15, 0.2) is 23.5 Å². The van der Waals surface area contributed by atoms with E-state index in [-0.39, 0.29) is 24.0 Å². The lowest BCUT2D eigenvalue weighted by molar-refractivity contribution is 0.367. The van der Waals surface area contributed by atoms with Crippen molar-refractivity contribution in [2.24, 2.45) is 4.99 Å². The van der Waals surface area contributed by atoms with Gasteiger partial charge in [0.05, 0.1) is 6.26 Å². The predicted octanol–water partition coefficient (Wildman–Crippen LogP) is 0.464. The lowest BCUT2D eigenvalue weighted by Crippen LogP contribution is -2.53.